The molecule has 1 nitrogen and oxygen atoms in total. The molecule has 0 aliphatic heterocycles. The van der Waals surface area contributed by atoms with Crippen molar-refractivity contribution >= 4 is 0 Å². The summed E-state index contributed by atoms with van der Waals surface area (Å²) in [6.45, 7) is 4.33. The second kappa shape index (κ2) is 19.9. The molecule has 0 unspecified atom stereocenters. The standard InChI is InChI=1S/C12H24N.C8H11.2ClH.Ti/c13-12-10-8-6-4-2-1-3-5-7-9-11-12;1-3-8-6-4-5-7(8)2;;;/h12-13H,1-11H2;4-6H,3H2,1-2H3;2*1H;/q2*-1;;;+4/p-2. The van der Waals surface area contributed by atoms with Gasteiger partial charge in [0.25, 0.3) is 0 Å². The Kier molecular flexibility index (Phi) is 24.4. The SMILES string of the molecule is CCc1c[cH-]cc1C.[Cl-].[Cl-].[NH-]C1CCCCCCCCCCC1.[Ti+4]. The summed E-state index contributed by atoms with van der Waals surface area (Å²) in [5.41, 5.74) is 10.7. The molecule has 0 radical (unpaired) electrons. The normalized spacial score (nSPS) is 16.6. The van der Waals surface area contributed by atoms with Gasteiger partial charge in [-0.1, -0.05) is 90.9 Å². The molecule has 0 atom stereocenters. The molecule has 1 saturated carbocycles. The van der Waals surface area contributed by atoms with Gasteiger partial charge in [-0.3, -0.25) is 0 Å². The molecule has 24 heavy (non-hydrogen) atoms. The van der Waals surface area contributed by atoms with Crippen LogP contribution in [0.5, 0.6) is 0 Å². The van der Waals surface area contributed by atoms with Crippen molar-refractivity contribution in [2.45, 2.75) is 96.9 Å². The molecule has 1 fully saturated rings. The Hall–Kier alpha value is 0.604. The van der Waals surface area contributed by atoms with Crippen molar-refractivity contribution in [3.05, 3.63) is 35.1 Å². The van der Waals surface area contributed by atoms with Crippen LogP contribution in [0.2, 0.25) is 0 Å². The van der Waals surface area contributed by atoms with Gasteiger partial charge in [0.15, 0.2) is 0 Å². The average molecular weight is 408 g/mol. The molecular weight excluding hydrogens is 373 g/mol. The van der Waals surface area contributed by atoms with Crippen LogP contribution in [-0.4, -0.2) is 6.04 Å². The second-order valence-electron chi connectivity index (χ2n) is 6.54. The molecule has 0 aromatic heterocycles. The Morgan fingerprint density at radius 1 is 0.875 bits per heavy atom. The Bertz CT molecular complexity index is 343. The molecule has 138 valence electrons. The third-order valence-electron chi connectivity index (χ3n) is 4.64. The molecule has 0 amide bonds. The molecular formula is C20H35Cl2NTi. The third-order valence-corrected chi connectivity index (χ3v) is 4.64. The molecule has 0 saturated heterocycles. The first-order chi connectivity index (χ1) is 10.2. The molecule has 4 heteroatoms. The van der Waals surface area contributed by atoms with E-state index in [0.717, 1.165) is 12.8 Å². The van der Waals surface area contributed by atoms with Gasteiger partial charge in [-0.2, -0.15) is 29.3 Å². The molecule has 1 aromatic rings. The van der Waals surface area contributed by atoms with E-state index < -0.39 is 0 Å². The summed E-state index contributed by atoms with van der Waals surface area (Å²) in [4.78, 5) is 0. The van der Waals surface area contributed by atoms with Crippen molar-refractivity contribution in [3.63, 3.8) is 0 Å². The van der Waals surface area contributed by atoms with E-state index in [9.17, 15) is 0 Å². The molecule has 1 aliphatic carbocycles. The van der Waals surface area contributed by atoms with Gasteiger partial charge in [-0.05, 0) is 0 Å². The van der Waals surface area contributed by atoms with Crippen LogP contribution in [0.4, 0.5) is 0 Å². The monoisotopic (exact) mass is 407 g/mol. The van der Waals surface area contributed by atoms with Gasteiger partial charge >= 0.3 is 21.7 Å². The topological polar surface area (TPSA) is 23.8 Å². The van der Waals surface area contributed by atoms with Crippen LogP contribution in [0.15, 0.2) is 18.2 Å². The molecule has 1 aliphatic rings. The minimum atomic E-state index is 0. The molecule has 2 rings (SSSR count). The van der Waals surface area contributed by atoms with E-state index in [1.807, 2.05) is 0 Å². The zero-order valence-corrected chi connectivity index (χ0v) is 18.6. The van der Waals surface area contributed by atoms with Crippen LogP contribution in [0.25, 0.3) is 5.73 Å². The van der Waals surface area contributed by atoms with Gasteiger partial charge in [-0.15, -0.1) is 6.04 Å². The fraction of sp³-hybridized carbons (Fsp3) is 0.750. The summed E-state index contributed by atoms with van der Waals surface area (Å²) in [6, 6.07) is 6.68. The fourth-order valence-electron chi connectivity index (χ4n) is 3.11. The smallest absolute Gasteiger partial charge is 1.00 e. The first-order valence-corrected chi connectivity index (χ1v) is 9.16. The van der Waals surface area contributed by atoms with Crippen molar-refractivity contribution in [2.24, 2.45) is 0 Å². The van der Waals surface area contributed by atoms with Crippen LogP contribution in [0, 0.1) is 6.92 Å². The van der Waals surface area contributed by atoms with Gasteiger partial charge < -0.3 is 30.5 Å². The Balaban J connectivity index is -0.000000353. The summed E-state index contributed by atoms with van der Waals surface area (Å²) in [5.74, 6) is 0. The van der Waals surface area contributed by atoms with E-state index in [2.05, 4.69) is 32.0 Å². The van der Waals surface area contributed by atoms with Crippen molar-refractivity contribution in [1.29, 1.82) is 0 Å². The average Bonchev–Trinajstić information content (AvgIpc) is 2.89. The van der Waals surface area contributed by atoms with E-state index in [4.69, 9.17) is 5.73 Å². The van der Waals surface area contributed by atoms with Crippen LogP contribution in [0.3, 0.4) is 0 Å². The van der Waals surface area contributed by atoms with Gasteiger partial charge in [0.05, 0.1) is 0 Å². The maximum atomic E-state index is 7.80. The summed E-state index contributed by atoms with van der Waals surface area (Å²) in [7, 11) is 0. The summed E-state index contributed by atoms with van der Waals surface area (Å²) in [5, 5.41) is 0. The van der Waals surface area contributed by atoms with E-state index in [0.29, 0.717) is 0 Å². The third kappa shape index (κ3) is 14.9. The van der Waals surface area contributed by atoms with E-state index in [1.54, 1.807) is 0 Å². The summed E-state index contributed by atoms with van der Waals surface area (Å²) >= 11 is 0. The number of halogens is 2. The molecule has 1 aromatic carbocycles. The van der Waals surface area contributed by atoms with Crippen molar-refractivity contribution in [3.8, 4) is 0 Å². The van der Waals surface area contributed by atoms with E-state index in [-0.39, 0.29) is 52.6 Å². The number of aryl methyl sites for hydroxylation is 2. The number of nitrogens with one attached hydrogen (secondary N) is 1. The number of rotatable bonds is 1. The Morgan fingerprint density at radius 3 is 1.58 bits per heavy atom. The minimum Gasteiger partial charge on any atom is -1.00 e. The predicted molar refractivity (Wildman–Crippen MR) is 95.0 cm³/mol. The van der Waals surface area contributed by atoms with Gasteiger partial charge in [0.2, 0.25) is 0 Å². The van der Waals surface area contributed by atoms with Gasteiger partial charge in [0.1, 0.15) is 0 Å². The number of hydrogen-bond donors (Lipinski definition) is 0. The molecule has 0 spiro atoms. The van der Waals surface area contributed by atoms with E-state index in [1.165, 1.54) is 75.3 Å². The predicted octanol–water partition coefficient (Wildman–Crippen LogP) is 0.994. The number of hydrogen-bond acceptors (Lipinski definition) is 0. The largest absolute Gasteiger partial charge is 4.00 e. The Morgan fingerprint density at radius 2 is 1.29 bits per heavy atom. The Labute approximate surface area is 178 Å². The first kappa shape index (κ1) is 29.4. The molecule has 0 heterocycles. The van der Waals surface area contributed by atoms with Gasteiger partial charge in [0, 0.05) is 0 Å². The zero-order valence-electron chi connectivity index (χ0n) is 15.6. The first-order valence-electron chi connectivity index (χ1n) is 9.16. The summed E-state index contributed by atoms with van der Waals surface area (Å²) < 4.78 is 0. The van der Waals surface area contributed by atoms with Crippen LogP contribution < -0.4 is 24.8 Å². The maximum absolute atomic E-state index is 7.80. The molecule has 0 bridgehead atoms. The van der Waals surface area contributed by atoms with Crippen LogP contribution >= 0.6 is 0 Å². The second-order valence-corrected chi connectivity index (χ2v) is 6.54. The fourth-order valence-corrected chi connectivity index (χ4v) is 3.11. The van der Waals surface area contributed by atoms with Gasteiger partial charge in [-0.25, -0.2) is 0 Å². The zero-order chi connectivity index (χ0) is 15.3. The van der Waals surface area contributed by atoms with Crippen molar-refractivity contribution in [1.82, 2.24) is 0 Å². The summed E-state index contributed by atoms with van der Waals surface area (Å²) in [6.07, 6.45) is 15.9. The quantitative estimate of drug-likeness (QED) is 0.489. The van der Waals surface area contributed by atoms with Crippen LogP contribution in [-0.2, 0) is 28.1 Å². The van der Waals surface area contributed by atoms with E-state index >= 15 is 0 Å². The maximum Gasteiger partial charge on any atom is 4.00 e. The minimum absolute atomic E-state index is 0. The van der Waals surface area contributed by atoms with Crippen LogP contribution in [0.1, 0.15) is 88.7 Å². The molecule has 1 N–H and O–H groups in total. The van der Waals surface area contributed by atoms with Crippen molar-refractivity contribution in [2.75, 3.05) is 0 Å². The van der Waals surface area contributed by atoms with Crippen molar-refractivity contribution < 1.29 is 46.5 Å².